The lowest BCUT2D eigenvalue weighted by Crippen LogP contribution is -2.27. The molecule has 90 valence electrons. The molecule has 1 aromatic rings. The maximum Gasteiger partial charge on any atom is 0.367 e. The highest BCUT2D eigenvalue weighted by atomic mass is 16.7. The first-order valence-electron chi connectivity index (χ1n) is 5.07. The van der Waals surface area contributed by atoms with Gasteiger partial charge < -0.3 is 9.15 Å². The summed E-state index contributed by atoms with van der Waals surface area (Å²) in [4.78, 5) is 21.9. The van der Waals surface area contributed by atoms with Gasteiger partial charge in [-0.15, -0.1) is 0 Å². The van der Waals surface area contributed by atoms with Gasteiger partial charge in [-0.05, 0) is 26.0 Å². The molecule has 2 rings (SSSR count). The third-order valence-electron chi connectivity index (χ3n) is 2.71. The number of hydrogen-bond acceptors (Lipinski definition) is 5. The van der Waals surface area contributed by atoms with Crippen LogP contribution in [0.5, 0.6) is 0 Å². The number of Topliss-reactive ketones (excluding diaryl/α,β-unsaturated/α-hetero) is 1. The molecule has 6 heteroatoms. The fourth-order valence-electron chi connectivity index (χ4n) is 2.06. The number of allylic oxidation sites excluding steroid dienone is 1. The predicted octanol–water partition coefficient (Wildman–Crippen LogP) is 1.86. The van der Waals surface area contributed by atoms with Crippen molar-refractivity contribution in [2.75, 3.05) is 0 Å². The Balaban J connectivity index is 2.47. The van der Waals surface area contributed by atoms with Crippen LogP contribution in [-0.4, -0.2) is 16.9 Å². The number of nitro groups is 1. The molecular formula is C11H11NO5. The average molecular weight is 237 g/mol. The van der Waals surface area contributed by atoms with Gasteiger partial charge in [-0.25, -0.2) is 0 Å². The van der Waals surface area contributed by atoms with Gasteiger partial charge in [0.2, 0.25) is 0 Å². The molecule has 0 amide bonds. The molecule has 0 N–H and O–H groups in total. The number of ether oxygens (including phenoxy) is 1. The molecule has 1 aromatic heterocycles. The third-order valence-corrected chi connectivity index (χ3v) is 2.71. The van der Waals surface area contributed by atoms with E-state index in [1.165, 1.54) is 13.2 Å². The lowest BCUT2D eigenvalue weighted by Gasteiger charge is -2.11. The largest absolute Gasteiger partial charge is 0.468 e. The van der Waals surface area contributed by atoms with Gasteiger partial charge >= 0.3 is 6.23 Å². The molecule has 2 unspecified atom stereocenters. The molecule has 0 spiro atoms. The summed E-state index contributed by atoms with van der Waals surface area (Å²) >= 11 is 0. The van der Waals surface area contributed by atoms with E-state index in [0.717, 1.165) is 0 Å². The lowest BCUT2D eigenvalue weighted by atomic mass is 9.93. The lowest BCUT2D eigenvalue weighted by molar-refractivity contribution is -0.570. The van der Waals surface area contributed by atoms with E-state index in [0.29, 0.717) is 17.1 Å². The zero-order valence-electron chi connectivity index (χ0n) is 9.38. The highest BCUT2D eigenvalue weighted by Gasteiger charge is 2.47. The number of carbonyl (C=O) groups excluding carboxylic acids is 1. The molecule has 0 saturated carbocycles. The molecule has 2 heterocycles. The van der Waals surface area contributed by atoms with Crippen LogP contribution in [0, 0.1) is 10.1 Å². The van der Waals surface area contributed by atoms with Gasteiger partial charge in [0.1, 0.15) is 11.5 Å². The summed E-state index contributed by atoms with van der Waals surface area (Å²) in [5, 5.41) is 10.9. The van der Waals surface area contributed by atoms with Crippen molar-refractivity contribution in [3.05, 3.63) is 45.6 Å². The van der Waals surface area contributed by atoms with Crippen molar-refractivity contribution in [1.82, 2.24) is 0 Å². The summed E-state index contributed by atoms with van der Waals surface area (Å²) in [6.07, 6.45) is 0.123. The summed E-state index contributed by atoms with van der Waals surface area (Å²) < 4.78 is 10.3. The molecule has 0 radical (unpaired) electrons. The highest BCUT2D eigenvalue weighted by molar-refractivity contribution is 5.95. The van der Waals surface area contributed by atoms with Crippen LogP contribution >= 0.6 is 0 Å². The molecule has 0 fully saturated rings. The molecule has 2 atom stereocenters. The van der Waals surface area contributed by atoms with E-state index >= 15 is 0 Å². The normalized spacial score (nSPS) is 23.6. The summed E-state index contributed by atoms with van der Waals surface area (Å²) in [6, 6.07) is 3.23. The van der Waals surface area contributed by atoms with Crippen LogP contribution in [0.3, 0.4) is 0 Å². The minimum atomic E-state index is -1.29. The minimum absolute atomic E-state index is 0.242. The van der Waals surface area contributed by atoms with E-state index < -0.39 is 17.1 Å². The number of ketones is 1. The SMILES string of the molecule is CC(=O)C1=C(C)OC([N+](=O)[O-])C1c1ccco1. The van der Waals surface area contributed by atoms with Gasteiger partial charge in [0.05, 0.1) is 16.8 Å². The Morgan fingerprint density at radius 1 is 1.53 bits per heavy atom. The molecule has 6 nitrogen and oxygen atoms in total. The van der Waals surface area contributed by atoms with Crippen molar-refractivity contribution in [2.45, 2.75) is 26.0 Å². The van der Waals surface area contributed by atoms with E-state index in [4.69, 9.17) is 9.15 Å². The van der Waals surface area contributed by atoms with Crippen molar-refractivity contribution in [1.29, 1.82) is 0 Å². The molecule has 0 aromatic carbocycles. The highest BCUT2D eigenvalue weighted by Crippen LogP contribution is 2.39. The fourth-order valence-corrected chi connectivity index (χ4v) is 2.06. The van der Waals surface area contributed by atoms with E-state index in [2.05, 4.69) is 0 Å². The second kappa shape index (κ2) is 4.04. The Hall–Kier alpha value is -2.11. The Morgan fingerprint density at radius 2 is 2.24 bits per heavy atom. The zero-order valence-corrected chi connectivity index (χ0v) is 9.38. The van der Waals surface area contributed by atoms with Gasteiger partial charge in [-0.1, -0.05) is 0 Å². The molecule has 1 aliphatic rings. The first-order chi connectivity index (χ1) is 8.02. The number of rotatable bonds is 3. The van der Waals surface area contributed by atoms with Crippen molar-refractivity contribution < 1.29 is 18.9 Å². The van der Waals surface area contributed by atoms with Gasteiger partial charge in [0.25, 0.3) is 0 Å². The van der Waals surface area contributed by atoms with E-state index in [1.54, 1.807) is 19.1 Å². The molecular weight excluding hydrogens is 226 g/mol. The summed E-state index contributed by atoms with van der Waals surface area (Å²) in [5.74, 6) is -0.347. The Labute approximate surface area is 97.0 Å². The van der Waals surface area contributed by atoms with E-state index in [1.807, 2.05) is 0 Å². The van der Waals surface area contributed by atoms with Crippen molar-refractivity contribution >= 4 is 5.78 Å². The second-order valence-electron chi connectivity index (χ2n) is 3.81. The molecule has 1 aliphatic heterocycles. The van der Waals surface area contributed by atoms with Gasteiger partial charge in [-0.2, -0.15) is 0 Å². The third kappa shape index (κ3) is 1.82. The maximum absolute atomic E-state index is 11.5. The van der Waals surface area contributed by atoms with Crippen LogP contribution in [-0.2, 0) is 9.53 Å². The summed E-state index contributed by atoms with van der Waals surface area (Å²) in [5.41, 5.74) is 0.307. The predicted molar refractivity (Wildman–Crippen MR) is 56.7 cm³/mol. The van der Waals surface area contributed by atoms with Crippen LogP contribution in [0.1, 0.15) is 25.5 Å². The van der Waals surface area contributed by atoms with Gasteiger partial charge in [0, 0.05) is 0 Å². The van der Waals surface area contributed by atoms with Crippen LogP contribution < -0.4 is 0 Å². The fraction of sp³-hybridized carbons (Fsp3) is 0.364. The van der Waals surface area contributed by atoms with Crippen LogP contribution in [0.25, 0.3) is 0 Å². The van der Waals surface area contributed by atoms with Crippen molar-refractivity contribution in [2.24, 2.45) is 0 Å². The number of carbonyl (C=O) groups is 1. The number of furan rings is 1. The van der Waals surface area contributed by atoms with Crippen LogP contribution in [0.2, 0.25) is 0 Å². The first-order valence-corrected chi connectivity index (χ1v) is 5.07. The van der Waals surface area contributed by atoms with Crippen molar-refractivity contribution in [3.63, 3.8) is 0 Å². The van der Waals surface area contributed by atoms with Gasteiger partial charge in [0.15, 0.2) is 11.7 Å². The first kappa shape index (κ1) is 11.4. The minimum Gasteiger partial charge on any atom is -0.468 e. The second-order valence-corrected chi connectivity index (χ2v) is 3.81. The Morgan fingerprint density at radius 3 is 2.71 bits per heavy atom. The summed E-state index contributed by atoms with van der Waals surface area (Å²) in [6.45, 7) is 2.91. The standard InChI is InChI=1S/C11H11NO5/c1-6(13)9-7(2)17-11(12(14)15)10(9)8-4-3-5-16-8/h3-5,10-11H,1-2H3. The smallest absolute Gasteiger partial charge is 0.367 e. The van der Waals surface area contributed by atoms with Crippen molar-refractivity contribution in [3.8, 4) is 0 Å². The Bertz CT molecular complexity index is 488. The van der Waals surface area contributed by atoms with Crippen LogP contribution in [0.4, 0.5) is 0 Å². The zero-order chi connectivity index (χ0) is 12.6. The Kier molecular flexibility index (Phi) is 2.71. The average Bonchev–Trinajstić information content (AvgIpc) is 2.82. The molecule has 0 saturated heterocycles. The molecule has 0 bridgehead atoms. The number of hydrogen-bond donors (Lipinski definition) is 0. The van der Waals surface area contributed by atoms with E-state index in [-0.39, 0.29) is 5.78 Å². The van der Waals surface area contributed by atoms with Gasteiger partial charge in [-0.3, -0.25) is 14.9 Å². The maximum atomic E-state index is 11.5. The quantitative estimate of drug-likeness (QED) is 0.591. The molecule has 0 aliphatic carbocycles. The van der Waals surface area contributed by atoms with Crippen LogP contribution in [0.15, 0.2) is 34.1 Å². The monoisotopic (exact) mass is 237 g/mol. The topological polar surface area (TPSA) is 82.6 Å². The summed E-state index contributed by atoms with van der Waals surface area (Å²) in [7, 11) is 0. The number of nitrogens with zero attached hydrogens (tertiary/aromatic N) is 1. The molecule has 17 heavy (non-hydrogen) atoms. The van der Waals surface area contributed by atoms with E-state index in [9.17, 15) is 14.9 Å².